The molecule has 1 aromatic carbocycles. The first kappa shape index (κ1) is 19.1. The van der Waals surface area contributed by atoms with Crippen molar-refractivity contribution in [3.8, 4) is 0 Å². The Morgan fingerprint density at radius 1 is 1.23 bits per heavy atom. The van der Waals surface area contributed by atoms with Crippen LogP contribution in [0.4, 0.5) is 0 Å². The number of imidazole rings is 1. The van der Waals surface area contributed by atoms with Crippen LogP contribution >= 0.6 is 0 Å². The third-order valence-electron chi connectivity index (χ3n) is 4.94. The van der Waals surface area contributed by atoms with Gasteiger partial charge in [0, 0.05) is 50.5 Å². The van der Waals surface area contributed by atoms with Gasteiger partial charge in [-0.05, 0) is 31.9 Å². The molecule has 2 aromatic rings. The average Bonchev–Trinajstić information content (AvgIpc) is 3.10. The smallest absolute Gasteiger partial charge is 0.243 e. The molecule has 26 heavy (non-hydrogen) atoms. The van der Waals surface area contributed by atoms with E-state index in [1.165, 1.54) is 0 Å². The van der Waals surface area contributed by atoms with Gasteiger partial charge in [-0.15, -0.1) is 0 Å². The Balaban J connectivity index is 1.52. The number of piperidine rings is 1. The zero-order valence-corrected chi connectivity index (χ0v) is 16.3. The zero-order valence-electron chi connectivity index (χ0n) is 15.5. The quantitative estimate of drug-likeness (QED) is 0.805. The summed E-state index contributed by atoms with van der Waals surface area (Å²) >= 11 is 0. The average molecular weight is 377 g/mol. The first-order valence-corrected chi connectivity index (χ1v) is 10.8. The molecule has 1 aromatic heterocycles. The van der Waals surface area contributed by atoms with Gasteiger partial charge in [0.05, 0.1) is 4.90 Å². The van der Waals surface area contributed by atoms with Gasteiger partial charge in [-0.25, -0.2) is 13.4 Å². The topological polar surface area (TPSA) is 67.2 Å². The molecule has 6 nitrogen and oxygen atoms in total. The molecule has 0 saturated carbocycles. The lowest BCUT2D eigenvalue weighted by molar-refractivity contribution is 0.269. The van der Waals surface area contributed by atoms with Crippen LogP contribution in [0.25, 0.3) is 0 Å². The second kappa shape index (κ2) is 8.33. The molecule has 1 fully saturated rings. The summed E-state index contributed by atoms with van der Waals surface area (Å²) in [5, 5.41) is 3.65. The Morgan fingerprint density at radius 3 is 2.58 bits per heavy atom. The molecule has 3 rings (SSSR count). The SMILES string of the molecule is CCc1nccn1CC(C)NC1CCN(S(=O)(=O)c2ccccc2)CC1. The van der Waals surface area contributed by atoms with Gasteiger partial charge in [0.25, 0.3) is 0 Å². The van der Waals surface area contributed by atoms with Gasteiger partial charge in [-0.3, -0.25) is 0 Å². The summed E-state index contributed by atoms with van der Waals surface area (Å²) in [7, 11) is -3.37. The highest BCUT2D eigenvalue weighted by Gasteiger charge is 2.29. The van der Waals surface area contributed by atoms with E-state index in [0.29, 0.717) is 30.1 Å². The highest BCUT2D eigenvalue weighted by atomic mass is 32.2. The van der Waals surface area contributed by atoms with Crippen LogP contribution in [0.15, 0.2) is 47.6 Å². The predicted octanol–water partition coefficient (Wildman–Crippen LogP) is 2.28. The number of benzene rings is 1. The van der Waals surface area contributed by atoms with E-state index in [2.05, 4.69) is 28.7 Å². The standard InChI is InChI=1S/C19H28N4O2S/c1-3-19-20-11-14-22(19)15-16(2)21-17-9-12-23(13-10-17)26(24,25)18-7-5-4-6-8-18/h4-8,11,14,16-17,21H,3,9-10,12-13,15H2,1-2H3. The summed E-state index contributed by atoms with van der Waals surface area (Å²) in [6.07, 6.45) is 6.46. The number of rotatable bonds is 7. The molecule has 0 radical (unpaired) electrons. The normalized spacial score (nSPS) is 18.1. The van der Waals surface area contributed by atoms with E-state index in [1.807, 2.05) is 18.5 Å². The Kier molecular flexibility index (Phi) is 6.11. The first-order chi connectivity index (χ1) is 12.5. The van der Waals surface area contributed by atoms with Crippen LogP contribution in [0, 0.1) is 0 Å². The lowest BCUT2D eigenvalue weighted by atomic mass is 10.1. The fourth-order valence-electron chi connectivity index (χ4n) is 3.58. The number of nitrogens with one attached hydrogen (secondary N) is 1. The molecule has 1 N–H and O–H groups in total. The van der Waals surface area contributed by atoms with E-state index in [4.69, 9.17) is 0 Å². The van der Waals surface area contributed by atoms with Crippen LogP contribution in [0.5, 0.6) is 0 Å². The van der Waals surface area contributed by atoms with Crippen LogP contribution in [0.1, 0.15) is 32.5 Å². The number of aromatic nitrogens is 2. The Morgan fingerprint density at radius 2 is 1.92 bits per heavy atom. The molecule has 0 aliphatic carbocycles. The molecule has 0 bridgehead atoms. The monoisotopic (exact) mass is 376 g/mol. The van der Waals surface area contributed by atoms with Crippen molar-refractivity contribution in [2.45, 2.75) is 56.6 Å². The first-order valence-electron chi connectivity index (χ1n) is 9.32. The maximum Gasteiger partial charge on any atom is 0.243 e. The predicted molar refractivity (Wildman–Crippen MR) is 102 cm³/mol. The molecular formula is C19H28N4O2S. The van der Waals surface area contributed by atoms with Crippen LogP contribution in [0.3, 0.4) is 0 Å². The van der Waals surface area contributed by atoms with Gasteiger partial charge in [-0.2, -0.15) is 4.31 Å². The largest absolute Gasteiger partial charge is 0.333 e. The molecule has 7 heteroatoms. The van der Waals surface area contributed by atoms with Crippen LogP contribution in [-0.2, 0) is 23.0 Å². The van der Waals surface area contributed by atoms with Gasteiger partial charge in [-0.1, -0.05) is 25.1 Å². The van der Waals surface area contributed by atoms with E-state index in [1.54, 1.807) is 28.6 Å². The summed E-state index contributed by atoms with van der Waals surface area (Å²) in [4.78, 5) is 4.74. The zero-order chi connectivity index (χ0) is 18.6. The van der Waals surface area contributed by atoms with Crippen molar-refractivity contribution >= 4 is 10.0 Å². The summed E-state index contributed by atoms with van der Waals surface area (Å²) in [6.45, 7) is 6.29. The van der Waals surface area contributed by atoms with Crippen LogP contribution in [0.2, 0.25) is 0 Å². The Bertz CT molecular complexity index is 796. The summed E-state index contributed by atoms with van der Waals surface area (Å²) in [5.74, 6) is 1.10. The molecule has 1 unspecified atom stereocenters. The molecule has 0 amide bonds. The van der Waals surface area contributed by atoms with Crippen molar-refractivity contribution in [1.29, 1.82) is 0 Å². The van der Waals surface area contributed by atoms with E-state index in [-0.39, 0.29) is 0 Å². The van der Waals surface area contributed by atoms with Gasteiger partial charge >= 0.3 is 0 Å². The molecule has 1 aliphatic rings. The molecule has 1 aliphatic heterocycles. The number of nitrogens with zero attached hydrogens (tertiary/aromatic N) is 3. The van der Waals surface area contributed by atoms with Crippen LogP contribution in [-0.4, -0.2) is 47.4 Å². The maximum absolute atomic E-state index is 12.7. The second-order valence-electron chi connectivity index (χ2n) is 6.91. The minimum Gasteiger partial charge on any atom is -0.333 e. The molecule has 2 heterocycles. The van der Waals surface area contributed by atoms with Crippen molar-refractivity contribution < 1.29 is 8.42 Å². The van der Waals surface area contributed by atoms with E-state index in [0.717, 1.165) is 31.6 Å². The Labute approximate surface area is 156 Å². The molecular weight excluding hydrogens is 348 g/mol. The fraction of sp³-hybridized carbons (Fsp3) is 0.526. The third-order valence-corrected chi connectivity index (χ3v) is 6.86. The van der Waals surface area contributed by atoms with Crippen molar-refractivity contribution in [2.24, 2.45) is 0 Å². The van der Waals surface area contributed by atoms with Gasteiger partial charge in [0.2, 0.25) is 10.0 Å². The minimum absolute atomic E-state index is 0.316. The van der Waals surface area contributed by atoms with Crippen LogP contribution < -0.4 is 5.32 Å². The number of sulfonamides is 1. The van der Waals surface area contributed by atoms with E-state index >= 15 is 0 Å². The van der Waals surface area contributed by atoms with Crippen molar-refractivity contribution in [3.05, 3.63) is 48.5 Å². The van der Waals surface area contributed by atoms with Crippen molar-refractivity contribution in [3.63, 3.8) is 0 Å². The molecule has 142 valence electrons. The van der Waals surface area contributed by atoms with Gasteiger partial charge in [0.1, 0.15) is 5.82 Å². The number of hydrogen-bond donors (Lipinski definition) is 1. The number of aryl methyl sites for hydroxylation is 1. The van der Waals surface area contributed by atoms with Crippen molar-refractivity contribution in [2.75, 3.05) is 13.1 Å². The highest BCUT2D eigenvalue weighted by molar-refractivity contribution is 7.89. The lowest BCUT2D eigenvalue weighted by Gasteiger charge is -2.33. The van der Waals surface area contributed by atoms with E-state index < -0.39 is 10.0 Å². The maximum atomic E-state index is 12.7. The molecule has 1 atom stereocenters. The highest BCUT2D eigenvalue weighted by Crippen LogP contribution is 2.20. The van der Waals surface area contributed by atoms with Gasteiger partial charge in [0.15, 0.2) is 0 Å². The minimum atomic E-state index is -3.37. The fourth-order valence-corrected chi connectivity index (χ4v) is 5.07. The molecule has 1 saturated heterocycles. The number of hydrogen-bond acceptors (Lipinski definition) is 4. The van der Waals surface area contributed by atoms with Gasteiger partial charge < -0.3 is 9.88 Å². The second-order valence-corrected chi connectivity index (χ2v) is 8.85. The van der Waals surface area contributed by atoms with E-state index in [9.17, 15) is 8.42 Å². The molecule has 0 spiro atoms. The Hall–Kier alpha value is -1.70. The summed E-state index contributed by atoms with van der Waals surface area (Å²) in [6, 6.07) is 9.36. The van der Waals surface area contributed by atoms with Crippen molar-refractivity contribution in [1.82, 2.24) is 19.2 Å². The summed E-state index contributed by atoms with van der Waals surface area (Å²) < 4.78 is 29.2. The third kappa shape index (κ3) is 4.34. The summed E-state index contributed by atoms with van der Waals surface area (Å²) in [5.41, 5.74) is 0. The lowest BCUT2D eigenvalue weighted by Crippen LogP contribution is -2.47.